The van der Waals surface area contributed by atoms with Crippen LogP contribution in [-0.2, 0) is 13.1 Å². The van der Waals surface area contributed by atoms with Crippen LogP contribution in [0.5, 0.6) is 0 Å². The van der Waals surface area contributed by atoms with Gasteiger partial charge in [0.15, 0.2) is 0 Å². The average Bonchev–Trinajstić information content (AvgIpc) is 3.37. The molecule has 0 radical (unpaired) electrons. The van der Waals surface area contributed by atoms with E-state index in [1.807, 2.05) is 11.6 Å². The van der Waals surface area contributed by atoms with Crippen molar-refractivity contribution in [3.05, 3.63) is 88.3 Å². The lowest BCUT2D eigenvalue weighted by atomic mass is 10.0. The van der Waals surface area contributed by atoms with Crippen LogP contribution >= 0.6 is 0 Å². The van der Waals surface area contributed by atoms with E-state index in [1.165, 1.54) is 24.3 Å². The fraction of sp³-hybridized carbons (Fsp3) is 0.208. The highest BCUT2D eigenvalue weighted by molar-refractivity contribution is 5.79. The molecular weight excluding hydrogens is 412 g/mol. The Morgan fingerprint density at radius 2 is 1.59 bits per heavy atom. The van der Waals surface area contributed by atoms with Crippen LogP contribution in [0.2, 0.25) is 0 Å². The molecule has 2 aromatic carbocycles. The van der Waals surface area contributed by atoms with Crippen LogP contribution < -0.4 is 10.9 Å². The maximum atomic E-state index is 13.5. The molecule has 0 bridgehead atoms. The molecule has 0 unspecified atom stereocenters. The van der Waals surface area contributed by atoms with Crippen LogP contribution in [0.15, 0.2) is 65.6 Å². The molecule has 1 N–H and O–H groups in total. The van der Waals surface area contributed by atoms with Gasteiger partial charge >= 0.3 is 0 Å². The molecule has 8 heteroatoms. The second kappa shape index (κ2) is 8.03. The van der Waals surface area contributed by atoms with E-state index in [0.717, 1.165) is 12.0 Å². The smallest absolute Gasteiger partial charge is 0.275 e. The summed E-state index contributed by atoms with van der Waals surface area (Å²) < 4.78 is 30.4. The van der Waals surface area contributed by atoms with Gasteiger partial charge in [-0.05, 0) is 54.8 Å². The highest BCUT2D eigenvalue weighted by atomic mass is 19.1. The number of hydrogen-bond donors (Lipinski definition) is 1. The molecule has 0 amide bonds. The molecule has 1 aliphatic rings. The predicted octanol–water partition coefficient (Wildman–Crippen LogP) is 4.63. The van der Waals surface area contributed by atoms with Crippen LogP contribution in [0, 0.1) is 11.6 Å². The Hall–Kier alpha value is -3.81. The summed E-state index contributed by atoms with van der Waals surface area (Å²) in [5.41, 5.74) is 3.23. The molecule has 1 atom stereocenters. The fourth-order valence-electron chi connectivity index (χ4n) is 4.14. The van der Waals surface area contributed by atoms with Crippen LogP contribution in [0.4, 0.5) is 14.7 Å². The number of aromatic nitrogens is 4. The minimum atomic E-state index is -0.356. The number of benzene rings is 2. The van der Waals surface area contributed by atoms with E-state index in [1.54, 1.807) is 41.2 Å². The van der Waals surface area contributed by atoms with Gasteiger partial charge in [-0.25, -0.2) is 23.4 Å². The summed E-state index contributed by atoms with van der Waals surface area (Å²) in [5.74, 6) is -0.249. The number of nitrogens with one attached hydrogen (secondary N) is 1. The first-order valence-corrected chi connectivity index (χ1v) is 10.5. The van der Waals surface area contributed by atoms with Gasteiger partial charge in [0.2, 0.25) is 5.95 Å². The molecule has 1 aliphatic heterocycles. The van der Waals surface area contributed by atoms with Crippen molar-refractivity contribution in [3.8, 4) is 22.5 Å². The first-order valence-electron chi connectivity index (χ1n) is 10.5. The van der Waals surface area contributed by atoms with Gasteiger partial charge in [0, 0.05) is 19.3 Å². The first-order chi connectivity index (χ1) is 15.5. The van der Waals surface area contributed by atoms with Crippen molar-refractivity contribution in [2.75, 3.05) is 5.32 Å². The lowest BCUT2D eigenvalue weighted by Crippen LogP contribution is -2.17. The summed E-state index contributed by atoms with van der Waals surface area (Å²) in [4.78, 5) is 22.2. The van der Waals surface area contributed by atoms with Crippen molar-refractivity contribution in [3.63, 3.8) is 0 Å². The number of nitrogens with zero attached hydrogens (tertiary/aromatic N) is 4. The van der Waals surface area contributed by atoms with Gasteiger partial charge in [-0.15, -0.1) is 0 Å². The molecular formula is C24H21F2N5O. The molecule has 3 heterocycles. The van der Waals surface area contributed by atoms with Crippen molar-refractivity contribution < 1.29 is 8.78 Å². The monoisotopic (exact) mass is 433 g/mol. The molecule has 4 aromatic rings. The summed E-state index contributed by atoms with van der Waals surface area (Å²) in [5, 5.41) is 3.24. The molecule has 162 valence electrons. The summed E-state index contributed by atoms with van der Waals surface area (Å²) in [6.45, 7) is 3.27. The van der Waals surface area contributed by atoms with Crippen molar-refractivity contribution in [1.29, 1.82) is 0 Å². The van der Waals surface area contributed by atoms with Gasteiger partial charge in [0.25, 0.3) is 5.56 Å². The Kier molecular flexibility index (Phi) is 5.05. The summed E-state index contributed by atoms with van der Waals surface area (Å²) in [6.07, 6.45) is 2.50. The summed E-state index contributed by atoms with van der Waals surface area (Å²) in [7, 11) is 0. The zero-order chi connectivity index (χ0) is 22.2. The lowest BCUT2D eigenvalue weighted by Gasteiger charge is -2.15. The topological polar surface area (TPSA) is 64.7 Å². The molecule has 0 fully saturated rings. The molecule has 0 saturated carbocycles. The van der Waals surface area contributed by atoms with E-state index in [9.17, 15) is 13.6 Å². The molecule has 0 aliphatic carbocycles. The quantitative estimate of drug-likeness (QED) is 0.499. The number of hydrogen-bond acceptors (Lipinski definition) is 4. The third-order valence-corrected chi connectivity index (χ3v) is 5.72. The number of rotatable bonds is 5. The van der Waals surface area contributed by atoms with Crippen molar-refractivity contribution in [2.45, 2.75) is 32.5 Å². The summed E-state index contributed by atoms with van der Waals surface area (Å²) in [6, 6.07) is 13.8. The molecule has 5 rings (SSSR count). The zero-order valence-electron chi connectivity index (χ0n) is 17.4. The third-order valence-electron chi connectivity index (χ3n) is 5.72. The Labute approximate surface area is 183 Å². The second-order valence-electron chi connectivity index (χ2n) is 7.82. The lowest BCUT2D eigenvalue weighted by molar-refractivity contribution is 0.599. The molecule has 6 nitrogen and oxygen atoms in total. The van der Waals surface area contributed by atoms with Gasteiger partial charge in [0.05, 0.1) is 23.0 Å². The van der Waals surface area contributed by atoms with Gasteiger partial charge < -0.3 is 5.32 Å². The standard InChI is InChI=1S/C24H21F2N5O/c1-15(16-3-7-18(25)8-4-16)28-24-27-12-11-20(29-24)22-21(17-5-9-19(26)10-6-17)23(32)31-14-2-13-30(22)31/h3-12,15H,2,13-14H2,1H3,(H,27,28,29)/t15-/m1/s1. The normalized spacial score (nSPS) is 13.7. The number of fused-ring (bicyclic) bond motifs is 1. The van der Waals surface area contributed by atoms with Gasteiger partial charge in [0.1, 0.15) is 11.6 Å². The van der Waals surface area contributed by atoms with E-state index in [0.29, 0.717) is 41.6 Å². The Balaban J connectivity index is 1.56. The highest BCUT2D eigenvalue weighted by Crippen LogP contribution is 2.32. The molecule has 0 saturated heterocycles. The van der Waals surface area contributed by atoms with Crippen molar-refractivity contribution in [2.24, 2.45) is 0 Å². The molecule has 32 heavy (non-hydrogen) atoms. The minimum absolute atomic E-state index is 0.114. The zero-order valence-corrected chi connectivity index (χ0v) is 17.4. The van der Waals surface area contributed by atoms with Crippen LogP contribution in [-0.4, -0.2) is 19.3 Å². The van der Waals surface area contributed by atoms with E-state index in [2.05, 4.69) is 15.3 Å². The Morgan fingerprint density at radius 1 is 0.938 bits per heavy atom. The van der Waals surface area contributed by atoms with E-state index >= 15 is 0 Å². The van der Waals surface area contributed by atoms with Crippen molar-refractivity contribution in [1.82, 2.24) is 19.3 Å². The predicted molar refractivity (Wildman–Crippen MR) is 118 cm³/mol. The Morgan fingerprint density at radius 3 is 2.31 bits per heavy atom. The number of anilines is 1. The van der Waals surface area contributed by atoms with Gasteiger partial charge in [-0.1, -0.05) is 24.3 Å². The second-order valence-corrected chi connectivity index (χ2v) is 7.82. The van der Waals surface area contributed by atoms with Crippen LogP contribution in [0.1, 0.15) is 24.9 Å². The average molecular weight is 433 g/mol. The molecule has 2 aromatic heterocycles. The molecule has 0 spiro atoms. The first kappa shape index (κ1) is 20.1. The third kappa shape index (κ3) is 3.57. The maximum Gasteiger partial charge on any atom is 0.275 e. The van der Waals surface area contributed by atoms with E-state index in [-0.39, 0.29) is 23.2 Å². The summed E-state index contributed by atoms with van der Waals surface area (Å²) >= 11 is 0. The highest BCUT2D eigenvalue weighted by Gasteiger charge is 2.26. The number of halogens is 2. The largest absolute Gasteiger partial charge is 0.348 e. The minimum Gasteiger partial charge on any atom is -0.348 e. The van der Waals surface area contributed by atoms with Crippen molar-refractivity contribution >= 4 is 5.95 Å². The Bertz CT molecular complexity index is 1330. The van der Waals surface area contributed by atoms with E-state index < -0.39 is 0 Å². The fourth-order valence-corrected chi connectivity index (χ4v) is 4.14. The van der Waals surface area contributed by atoms with Crippen LogP contribution in [0.25, 0.3) is 22.5 Å². The van der Waals surface area contributed by atoms with Gasteiger partial charge in [-0.2, -0.15) is 0 Å². The maximum absolute atomic E-state index is 13.5. The SMILES string of the molecule is C[C@@H](Nc1nccc(-c2c(-c3ccc(F)cc3)c(=O)n3n2CCC3)n1)c1ccc(F)cc1. The van der Waals surface area contributed by atoms with Gasteiger partial charge in [-0.3, -0.25) is 9.48 Å². The van der Waals surface area contributed by atoms with Crippen LogP contribution in [0.3, 0.4) is 0 Å². The van der Waals surface area contributed by atoms with E-state index in [4.69, 9.17) is 0 Å².